The van der Waals surface area contributed by atoms with Crippen LogP contribution in [0.15, 0.2) is 29.6 Å². The third kappa shape index (κ3) is 4.08. The molecule has 2 aromatic rings. The number of nitrogens with one attached hydrogen (secondary N) is 1. The molecule has 0 bridgehead atoms. The number of anilines is 2. The summed E-state index contributed by atoms with van der Waals surface area (Å²) in [5, 5.41) is 6.76. The van der Waals surface area contributed by atoms with Crippen molar-refractivity contribution in [2.24, 2.45) is 5.92 Å². The molecule has 2 aliphatic rings. The Morgan fingerprint density at radius 2 is 2.04 bits per heavy atom. The van der Waals surface area contributed by atoms with E-state index >= 15 is 0 Å². The van der Waals surface area contributed by atoms with Crippen LogP contribution in [0.4, 0.5) is 11.4 Å². The molecule has 24 heavy (non-hydrogen) atoms. The van der Waals surface area contributed by atoms with Gasteiger partial charge in [0.2, 0.25) is 0 Å². The standard InChI is InChI=1S/C19H26N4S/c1-15-14-24-19(21-15)12-20-17-3-2-4-18(11-17)23-9-7-22(8-10-23)13-16-5-6-16/h2-4,11,14,16,20H,5-10,12-13H2,1H3. The van der Waals surface area contributed by atoms with Gasteiger partial charge in [0.1, 0.15) is 5.01 Å². The third-order valence-corrected chi connectivity index (χ3v) is 5.87. The first-order valence-electron chi connectivity index (χ1n) is 8.98. The SMILES string of the molecule is Cc1csc(CNc2cccc(N3CCN(CC4CC4)CC3)c2)n1. The molecule has 1 saturated carbocycles. The molecule has 1 aliphatic carbocycles. The summed E-state index contributed by atoms with van der Waals surface area (Å²) in [6.45, 7) is 8.85. The zero-order valence-corrected chi connectivity index (χ0v) is 15.2. The molecule has 1 saturated heterocycles. The van der Waals surface area contributed by atoms with Gasteiger partial charge in [-0.2, -0.15) is 0 Å². The molecule has 0 spiro atoms. The van der Waals surface area contributed by atoms with Crippen LogP contribution >= 0.6 is 11.3 Å². The summed E-state index contributed by atoms with van der Waals surface area (Å²) in [4.78, 5) is 9.67. The van der Waals surface area contributed by atoms with Crippen molar-refractivity contribution in [2.45, 2.75) is 26.3 Å². The Morgan fingerprint density at radius 1 is 1.21 bits per heavy atom. The van der Waals surface area contributed by atoms with Crippen LogP contribution in [0.1, 0.15) is 23.5 Å². The van der Waals surface area contributed by atoms with E-state index in [1.54, 1.807) is 11.3 Å². The van der Waals surface area contributed by atoms with Crippen molar-refractivity contribution in [3.05, 3.63) is 40.3 Å². The third-order valence-electron chi connectivity index (χ3n) is 4.91. The van der Waals surface area contributed by atoms with Crippen LogP contribution in [-0.2, 0) is 6.54 Å². The molecule has 2 fully saturated rings. The summed E-state index contributed by atoms with van der Waals surface area (Å²) < 4.78 is 0. The Labute approximate surface area is 148 Å². The van der Waals surface area contributed by atoms with E-state index in [2.05, 4.69) is 49.7 Å². The molecule has 0 radical (unpaired) electrons. The number of hydrogen-bond acceptors (Lipinski definition) is 5. The summed E-state index contributed by atoms with van der Waals surface area (Å²) in [7, 11) is 0. The number of thiazole rings is 1. The Morgan fingerprint density at radius 3 is 2.75 bits per heavy atom. The van der Waals surface area contributed by atoms with Crippen molar-refractivity contribution in [3.8, 4) is 0 Å². The summed E-state index contributed by atoms with van der Waals surface area (Å²) in [5.41, 5.74) is 3.62. The van der Waals surface area contributed by atoms with Gasteiger partial charge in [-0.3, -0.25) is 4.90 Å². The van der Waals surface area contributed by atoms with E-state index in [9.17, 15) is 0 Å². The number of rotatable bonds is 6. The first-order valence-corrected chi connectivity index (χ1v) is 9.86. The second-order valence-corrected chi connectivity index (χ2v) is 7.96. The van der Waals surface area contributed by atoms with E-state index in [-0.39, 0.29) is 0 Å². The van der Waals surface area contributed by atoms with Gasteiger partial charge < -0.3 is 10.2 Å². The Bertz CT molecular complexity index is 672. The Balaban J connectivity index is 1.32. The molecule has 0 atom stereocenters. The predicted octanol–water partition coefficient (Wildman–Crippen LogP) is 3.60. The first kappa shape index (κ1) is 15.9. The van der Waals surface area contributed by atoms with Gasteiger partial charge in [-0.25, -0.2) is 4.98 Å². The van der Waals surface area contributed by atoms with E-state index in [4.69, 9.17) is 0 Å². The van der Waals surface area contributed by atoms with Crippen LogP contribution in [0.5, 0.6) is 0 Å². The second-order valence-electron chi connectivity index (χ2n) is 7.02. The van der Waals surface area contributed by atoms with Gasteiger partial charge in [0.25, 0.3) is 0 Å². The largest absolute Gasteiger partial charge is 0.378 e. The molecule has 0 unspecified atom stereocenters. The molecule has 1 aromatic carbocycles. The molecular formula is C19H26N4S. The van der Waals surface area contributed by atoms with Gasteiger partial charge >= 0.3 is 0 Å². The quantitative estimate of drug-likeness (QED) is 0.869. The number of hydrogen-bond donors (Lipinski definition) is 1. The van der Waals surface area contributed by atoms with Gasteiger partial charge in [0.15, 0.2) is 0 Å². The highest BCUT2D eigenvalue weighted by molar-refractivity contribution is 7.09. The van der Waals surface area contributed by atoms with E-state index in [1.807, 2.05) is 6.92 Å². The molecule has 1 N–H and O–H groups in total. The maximum Gasteiger partial charge on any atom is 0.112 e. The fourth-order valence-electron chi connectivity index (χ4n) is 3.33. The van der Waals surface area contributed by atoms with Crippen LogP contribution in [0.3, 0.4) is 0 Å². The van der Waals surface area contributed by atoms with Crippen molar-refractivity contribution in [3.63, 3.8) is 0 Å². The van der Waals surface area contributed by atoms with Crippen LogP contribution < -0.4 is 10.2 Å². The number of nitrogens with zero attached hydrogens (tertiary/aromatic N) is 3. The van der Waals surface area contributed by atoms with E-state index in [1.165, 1.54) is 43.9 Å². The van der Waals surface area contributed by atoms with Crippen LogP contribution in [-0.4, -0.2) is 42.6 Å². The van der Waals surface area contributed by atoms with Crippen LogP contribution in [0.2, 0.25) is 0 Å². The first-order chi connectivity index (χ1) is 11.8. The lowest BCUT2D eigenvalue weighted by molar-refractivity contribution is 0.248. The summed E-state index contributed by atoms with van der Waals surface area (Å²) in [6, 6.07) is 8.81. The maximum absolute atomic E-state index is 4.52. The van der Waals surface area contributed by atoms with Gasteiger partial charge in [0, 0.05) is 55.2 Å². The van der Waals surface area contributed by atoms with E-state index in [0.29, 0.717) is 0 Å². The Hall–Kier alpha value is -1.59. The van der Waals surface area contributed by atoms with Crippen molar-refractivity contribution < 1.29 is 0 Å². The lowest BCUT2D eigenvalue weighted by Crippen LogP contribution is -2.47. The number of piperazine rings is 1. The maximum atomic E-state index is 4.52. The fourth-order valence-corrected chi connectivity index (χ4v) is 4.04. The molecule has 2 heterocycles. The molecule has 128 valence electrons. The molecule has 1 aromatic heterocycles. The lowest BCUT2D eigenvalue weighted by Gasteiger charge is -2.36. The average molecular weight is 343 g/mol. The van der Waals surface area contributed by atoms with Crippen LogP contribution in [0, 0.1) is 12.8 Å². The summed E-state index contributed by atoms with van der Waals surface area (Å²) in [5.74, 6) is 0.999. The zero-order valence-electron chi connectivity index (χ0n) is 14.4. The molecule has 5 heteroatoms. The lowest BCUT2D eigenvalue weighted by atomic mass is 10.2. The highest BCUT2D eigenvalue weighted by Crippen LogP contribution is 2.30. The molecule has 0 amide bonds. The van der Waals surface area contributed by atoms with Crippen molar-refractivity contribution in [1.82, 2.24) is 9.88 Å². The zero-order chi connectivity index (χ0) is 16.4. The fraction of sp³-hybridized carbons (Fsp3) is 0.526. The van der Waals surface area contributed by atoms with E-state index in [0.717, 1.165) is 36.3 Å². The minimum atomic E-state index is 0.803. The topological polar surface area (TPSA) is 31.4 Å². The highest BCUT2D eigenvalue weighted by Gasteiger charge is 2.26. The van der Waals surface area contributed by atoms with Gasteiger partial charge in [-0.1, -0.05) is 6.07 Å². The molecule has 4 rings (SSSR count). The number of benzene rings is 1. The monoisotopic (exact) mass is 342 g/mol. The average Bonchev–Trinajstić information content (AvgIpc) is 3.33. The van der Waals surface area contributed by atoms with Crippen molar-refractivity contribution in [1.29, 1.82) is 0 Å². The molecule has 4 nitrogen and oxygen atoms in total. The van der Waals surface area contributed by atoms with Crippen molar-refractivity contribution in [2.75, 3.05) is 42.9 Å². The number of aryl methyl sites for hydroxylation is 1. The van der Waals surface area contributed by atoms with E-state index < -0.39 is 0 Å². The van der Waals surface area contributed by atoms with Gasteiger partial charge in [0.05, 0.1) is 6.54 Å². The smallest absolute Gasteiger partial charge is 0.112 e. The molecular weight excluding hydrogens is 316 g/mol. The van der Waals surface area contributed by atoms with Crippen LogP contribution in [0.25, 0.3) is 0 Å². The summed E-state index contributed by atoms with van der Waals surface area (Å²) in [6.07, 6.45) is 2.90. The Kier molecular flexibility index (Phi) is 4.72. The second kappa shape index (κ2) is 7.11. The number of aromatic nitrogens is 1. The predicted molar refractivity (Wildman–Crippen MR) is 102 cm³/mol. The highest BCUT2D eigenvalue weighted by atomic mass is 32.1. The minimum Gasteiger partial charge on any atom is -0.378 e. The normalized spacial score (nSPS) is 18.8. The summed E-state index contributed by atoms with van der Waals surface area (Å²) >= 11 is 1.72. The molecule has 1 aliphatic heterocycles. The van der Waals surface area contributed by atoms with Crippen molar-refractivity contribution >= 4 is 22.7 Å². The van der Waals surface area contributed by atoms with Gasteiger partial charge in [-0.15, -0.1) is 11.3 Å². The minimum absolute atomic E-state index is 0.803. The van der Waals surface area contributed by atoms with Gasteiger partial charge in [-0.05, 0) is 43.9 Å².